The van der Waals surface area contributed by atoms with Crippen LogP contribution in [0.1, 0.15) is 12.0 Å². The van der Waals surface area contributed by atoms with E-state index in [2.05, 4.69) is 15.6 Å². The standard InChI is InChI=1S/C14H14ClN5O2/c1-9-2-3-11(5-12(9)15)20-6-10(4-13(20)21)14(22)18-19-7-16-17-8-19/h2-3,5,7-8,10H,4,6H2,1H3,(H,18,22)/t10-/m0/s1. The summed E-state index contributed by atoms with van der Waals surface area (Å²) in [4.78, 5) is 25.9. The fourth-order valence-electron chi connectivity index (χ4n) is 2.36. The van der Waals surface area contributed by atoms with Gasteiger partial charge in [-0.05, 0) is 24.6 Å². The van der Waals surface area contributed by atoms with Gasteiger partial charge in [0.1, 0.15) is 12.7 Å². The molecule has 0 saturated carbocycles. The first-order valence-corrected chi connectivity index (χ1v) is 7.14. The lowest BCUT2D eigenvalue weighted by atomic mass is 10.1. The smallest absolute Gasteiger partial charge is 0.244 e. The van der Waals surface area contributed by atoms with Crippen molar-refractivity contribution in [2.45, 2.75) is 13.3 Å². The molecule has 1 N–H and O–H groups in total. The Hall–Kier alpha value is -2.41. The minimum Gasteiger partial charge on any atom is -0.312 e. The number of nitrogens with zero attached hydrogens (tertiary/aromatic N) is 4. The number of aromatic nitrogens is 3. The summed E-state index contributed by atoms with van der Waals surface area (Å²) >= 11 is 6.10. The van der Waals surface area contributed by atoms with E-state index in [-0.39, 0.29) is 18.2 Å². The van der Waals surface area contributed by atoms with Gasteiger partial charge in [-0.2, -0.15) is 0 Å². The topological polar surface area (TPSA) is 80.1 Å². The number of hydrogen-bond acceptors (Lipinski definition) is 4. The maximum atomic E-state index is 12.2. The molecule has 0 radical (unpaired) electrons. The van der Waals surface area contributed by atoms with Crippen molar-refractivity contribution in [3.8, 4) is 0 Å². The summed E-state index contributed by atoms with van der Waals surface area (Å²) in [6.07, 6.45) is 2.93. The van der Waals surface area contributed by atoms with Gasteiger partial charge in [-0.15, -0.1) is 10.2 Å². The zero-order valence-electron chi connectivity index (χ0n) is 11.9. The lowest BCUT2D eigenvalue weighted by Crippen LogP contribution is -2.31. The minimum absolute atomic E-state index is 0.0937. The van der Waals surface area contributed by atoms with E-state index in [4.69, 9.17) is 11.6 Å². The molecule has 1 atom stereocenters. The van der Waals surface area contributed by atoms with Crippen LogP contribution in [-0.2, 0) is 9.59 Å². The molecule has 0 unspecified atom stereocenters. The highest BCUT2D eigenvalue weighted by Crippen LogP contribution is 2.28. The van der Waals surface area contributed by atoms with E-state index in [1.807, 2.05) is 19.1 Å². The highest BCUT2D eigenvalue weighted by molar-refractivity contribution is 6.31. The van der Waals surface area contributed by atoms with Gasteiger partial charge in [0.25, 0.3) is 0 Å². The molecular weight excluding hydrogens is 306 g/mol. The van der Waals surface area contributed by atoms with Crippen molar-refractivity contribution >= 4 is 29.1 Å². The molecule has 0 spiro atoms. The molecule has 114 valence electrons. The summed E-state index contributed by atoms with van der Waals surface area (Å²) in [5, 5.41) is 7.81. The summed E-state index contributed by atoms with van der Waals surface area (Å²) in [5.74, 6) is -0.757. The van der Waals surface area contributed by atoms with Gasteiger partial charge >= 0.3 is 0 Å². The van der Waals surface area contributed by atoms with Crippen LogP contribution in [0.3, 0.4) is 0 Å². The Bertz CT molecular complexity index is 716. The molecule has 1 aliphatic heterocycles. The summed E-state index contributed by atoms with van der Waals surface area (Å²) in [5.41, 5.74) is 4.28. The third-order valence-electron chi connectivity index (χ3n) is 3.62. The average molecular weight is 320 g/mol. The van der Waals surface area contributed by atoms with E-state index >= 15 is 0 Å². The number of benzene rings is 1. The molecule has 0 bridgehead atoms. The number of rotatable bonds is 3. The quantitative estimate of drug-likeness (QED) is 0.926. The molecule has 1 saturated heterocycles. The molecule has 7 nitrogen and oxygen atoms in total. The first-order valence-electron chi connectivity index (χ1n) is 6.76. The van der Waals surface area contributed by atoms with Gasteiger partial charge in [-0.25, -0.2) is 4.68 Å². The molecule has 1 aliphatic rings. The summed E-state index contributed by atoms with van der Waals surface area (Å²) < 4.78 is 1.36. The Morgan fingerprint density at radius 2 is 2.09 bits per heavy atom. The molecular formula is C14H14ClN5O2. The van der Waals surface area contributed by atoms with Crippen LogP contribution in [0, 0.1) is 12.8 Å². The lowest BCUT2D eigenvalue weighted by Gasteiger charge is -2.17. The fraction of sp³-hybridized carbons (Fsp3) is 0.286. The molecule has 3 rings (SSSR count). The number of anilines is 1. The second-order valence-corrected chi connectivity index (χ2v) is 5.59. The van der Waals surface area contributed by atoms with Gasteiger partial charge in [-0.3, -0.25) is 15.0 Å². The van der Waals surface area contributed by atoms with E-state index in [0.29, 0.717) is 17.3 Å². The maximum Gasteiger partial charge on any atom is 0.244 e. The number of nitrogens with one attached hydrogen (secondary N) is 1. The van der Waals surface area contributed by atoms with Crippen molar-refractivity contribution < 1.29 is 9.59 Å². The Morgan fingerprint density at radius 1 is 1.36 bits per heavy atom. The van der Waals surface area contributed by atoms with E-state index in [1.54, 1.807) is 11.0 Å². The van der Waals surface area contributed by atoms with Crippen molar-refractivity contribution in [2.24, 2.45) is 5.92 Å². The molecule has 1 aromatic heterocycles. The zero-order chi connectivity index (χ0) is 15.7. The third-order valence-corrected chi connectivity index (χ3v) is 4.03. The van der Waals surface area contributed by atoms with Crippen LogP contribution in [0.4, 0.5) is 5.69 Å². The second kappa shape index (κ2) is 5.76. The lowest BCUT2D eigenvalue weighted by molar-refractivity contribution is -0.123. The number of carbonyl (C=O) groups excluding carboxylic acids is 2. The van der Waals surface area contributed by atoms with Crippen molar-refractivity contribution in [2.75, 3.05) is 16.9 Å². The number of aryl methyl sites for hydroxylation is 1. The number of halogens is 1. The van der Waals surface area contributed by atoms with E-state index < -0.39 is 5.92 Å². The Labute approximate surface area is 131 Å². The summed E-state index contributed by atoms with van der Waals surface area (Å²) in [6.45, 7) is 2.22. The second-order valence-electron chi connectivity index (χ2n) is 5.18. The number of carbonyl (C=O) groups is 2. The third kappa shape index (κ3) is 2.80. The minimum atomic E-state index is -0.421. The van der Waals surface area contributed by atoms with Crippen LogP contribution in [0.2, 0.25) is 5.02 Å². The molecule has 22 heavy (non-hydrogen) atoms. The largest absolute Gasteiger partial charge is 0.312 e. The number of amides is 2. The van der Waals surface area contributed by atoms with Crippen LogP contribution >= 0.6 is 11.6 Å². The number of hydrogen-bond donors (Lipinski definition) is 1. The highest BCUT2D eigenvalue weighted by atomic mass is 35.5. The van der Waals surface area contributed by atoms with Crippen LogP contribution < -0.4 is 10.3 Å². The van der Waals surface area contributed by atoms with Gasteiger partial charge < -0.3 is 4.90 Å². The van der Waals surface area contributed by atoms with Gasteiger partial charge in [-0.1, -0.05) is 17.7 Å². The van der Waals surface area contributed by atoms with E-state index in [0.717, 1.165) is 5.56 Å². The Kier molecular flexibility index (Phi) is 3.81. The molecule has 2 heterocycles. The van der Waals surface area contributed by atoms with Crippen LogP contribution in [0.5, 0.6) is 0 Å². The van der Waals surface area contributed by atoms with Gasteiger partial charge in [0.2, 0.25) is 11.8 Å². The SMILES string of the molecule is Cc1ccc(N2C[C@@H](C(=O)Nn3cnnc3)CC2=O)cc1Cl. The van der Waals surface area contributed by atoms with E-state index in [1.165, 1.54) is 17.3 Å². The molecule has 8 heteroatoms. The molecule has 2 aromatic rings. The van der Waals surface area contributed by atoms with Crippen molar-refractivity contribution in [3.63, 3.8) is 0 Å². The van der Waals surface area contributed by atoms with Crippen molar-refractivity contribution in [1.82, 2.24) is 14.9 Å². The molecule has 1 fully saturated rings. The van der Waals surface area contributed by atoms with Crippen molar-refractivity contribution in [1.29, 1.82) is 0 Å². The average Bonchev–Trinajstić information content (AvgIpc) is 3.11. The van der Waals surface area contributed by atoms with Crippen LogP contribution in [0.25, 0.3) is 0 Å². The predicted molar refractivity (Wildman–Crippen MR) is 81.0 cm³/mol. The first-order chi connectivity index (χ1) is 10.5. The molecule has 0 aliphatic carbocycles. The summed E-state index contributed by atoms with van der Waals surface area (Å²) in [6, 6.07) is 5.43. The predicted octanol–water partition coefficient (Wildman–Crippen LogP) is 1.36. The fourth-order valence-corrected chi connectivity index (χ4v) is 2.53. The monoisotopic (exact) mass is 319 g/mol. The normalized spacial score (nSPS) is 17.8. The molecule has 1 aromatic carbocycles. The molecule has 2 amide bonds. The van der Waals surface area contributed by atoms with E-state index in [9.17, 15) is 9.59 Å². The highest BCUT2D eigenvalue weighted by Gasteiger charge is 2.35. The van der Waals surface area contributed by atoms with Crippen LogP contribution in [-0.4, -0.2) is 33.2 Å². The first kappa shape index (κ1) is 14.5. The van der Waals surface area contributed by atoms with Gasteiger partial charge in [0, 0.05) is 23.7 Å². The maximum absolute atomic E-state index is 12.2. The van der Waals surface area contributed by atoms with Gasteiger partial charge in [0.15, 0.2) is 0 Å². The summed E-state index contributed by atoms with van der Waals surface area (Å²) in [7, 11) is 0. The van der Waals surface area contributed by atoms with Crippen molar-refractivity contribution in [3.05, 3.63) is 41.4 Å². The Morgan fingerprint density at radius 3 is 2.77 bits per heavy atom. The van der Waals surface area contributed by atoms with Crippen LogP contribution in [0.15, 0.2) is 30.9 Å². The van der Waals surface area contributed by atoms with Gasteiger partial charge in [0.05, 0.1) is 5.92 Å². The zero-order valence-corrected chi connectivity index (χ0v) is 12.6. The Balaban J connectivity index is 1.72.